The molecular weight excluding hydrogens is 526 g/mol. The van der Waals surface area contributed by atoms with Crippen LogP contribution in [0.4, 0.5) is 0 Å². The molecule has 2 aromatic heterocycles. The number of benzene rings is 3. The summed E-state index contributed by atoms with van der Waals surface area (Å²) >= 11 is 0. The molecule has 1 aliphatic heterocycles. The topological polar surface area (TPSA) is 95.5 Å². The van der Waals surface area contributed by atoms with Gasteiger partial charge in [-0.25, -0.2) is 0 Å². The SMILES string of the molecule is COC(=O)C1(Cc2ccccc2)CCN(C(=O)Cc2ccc(-c3cccc(-c4cc5cnccc5[nH]4)c3O)cc2)CC1. The van der Waals surface area contributed by atoms with Gasteiger partial charge in [0.05, 0.1) is 24.6 Å². The average molecular weight is 560 g/mol. The molecule has 0 spiro atoms. The molecule has 7 heteroatoms. The second-order valence-electron chi connectivity index (χ2n) is 11.0. The average Bonchev–Trinajstić information content (AvgIpc) is 3.46. The number of hydrogen-bond donors (Lipinski definition) is 2. The number of nitrogens with one attached hydrogen (secondary N) is 1. The van der Waals surface area contributed by atoms with E-state index in [2.05, 4.69) is 9.97 Å². The normalized spacial score (nSPS) is 14.5. The van der Waals surface area contributed by atoms with Crippen molar-refractivity contribution in [3.63, 3.8) is 0 Å². The van der Waals surface area contributed by atoms with E-state index >= 15 is 0 Å². The van der Waals surface area contributed by atoms with Gasteiger partial charge in [-0.2, -0.15) is 0 Å². The number of likely N-dealkylation sites (tertiary alicyclic amines) is 1. The smallest absolute Gasteiger partial charge is 0.312 e. The number of fused-ring (bicyclic) bond motifs is 1. The molecule has 1 fully saturated rings. The van der Waals surface area contributed by atoms with Gasteiger partial charge in [-0.1, -0.05) is 66.7 Å². The molecule has 0 aliphatic carbocycles. The standard InChI is InChI=1S/C35H33N3O4/c1-42-34(41)35(22-25-6-3-2-4-7-25)15-18-38(19-16-35)32(39)20-24-10-12-26(13-11-24)28-8-5-9-29(33(28)40)31-21-27-23-36-17-14-30(27)37-31/h2-14,17,21,23,37,40H,15-16,18-20,22H2,1H3. The Bertz CT molecular complexity index is 1690. The van der Waals surface area contributed by atoms with Crippen LogP contribution in [0.25, 0.3) is 33.3 Å². The third-order valence-electron chi connectivity index (χ3n) is 8.44. The van der Waals surface area contributed by atoms with Crippen LogP contribution in [0.3, 0.4) is 0 Å². The fourth-order valence-electron chi connectivity index (χ4n) is 6.04. The van der Waals surface area contributed by atoms with Crippen molar-refractivity contribution in [3.8, 4) is 28.1 Å². The molecule has 212 valence electrons. The number of aromatic nitrogens is 2. The Balaban J connectivity index is 1.13. The number of carbonyl (C=O) groups excluding carboxylic acids is 2. The van der Waals surface area contributed by atoms with Crippen molar-refractivity contribution in [2.45, 2.75) is 25.7 Å². The number of aromatic hydroxyl groups is 1. The quantitative estimate of drug-likeness (QED) is 0.233. The fourth-order valence-corrected chi connectivity index (χ4v) is 6.04. The van der Waals surface area contributed by atoms with E-state index in [9.17, 15) is 14.7 Å². The molecule has 1 saturated heterocycles. The molecule has 0 atom stereocenters. The highest BCUT2D eigenvalue weighted by Crippen LogP contribution is 2.39. The first kappa shape index (κ1) is 27.3. The number of phenols is 1. The maximum absolute atomic E-state index is 13.2. The van der Waals surface area contributed by atoms with E-state index in [1.165, 1.54) is 7.11 Å². The van der Waals surface area contributed by atoms with E-state index in [1.54, 1.807) is 12.4 Å². The molecule has 3 aromatic carbocycles. The zero-order chi connectivity index (χ0) is 29.1. The Kier molecular flexibility index (Phi) is 7.48. The number of nitrogens with zero attached hydrogens (tertiary/aromatic N) is 2. The molecule has 7 nitrogen and oxygen atoms in total. The molecule has 1 amide bonds. The number of methoxy groups -OCH3 is 1. The van der Waals surface area contributed by atoms with Crippen LogP contribution in [0.5, 0.6) is 5.75 Å². The summed E-state index contributed by atoms with van der Waals surface area (Å²) < 4.78 is 5.19. The lowest BCUT2D eigenvalue weighted by atomic mass is 9.73. The van der Waals surface area contributed by atoms with Gasteiger partial charge >= 0.3 is 5.97 Å². The molecule has 6 rings (SSSR count). The molecule has 1 aliphatic rings. The van der Waals surface area contributed by atoms with Crippen molar-refractivity contribution in [3.05, 3.63) is 108 Å². The first-order valence-corrected chi connectivity index (χ1v) is 14.2. The number of H-pyrrole nitrogens is 1. The number of para-hydroxylation sites is 1. The fraction of sp³-hybridized carbons (Fsp3) is 0.229. The molecule has 0 unspecified atom stereocenters. The van der Waals surface area contributed by atoms with Gasteiger partial charge in [0.1, 0.15) is 5.75 Å². The van der Waals surface area contributed by atoms with Crippen molar-refractivity contribution < 1.29 is 19.4 Å². The number of aromatic amines is 1. The van der Waals surface area contributed by atoms with Gasteiger partial charge < -0.3 is 19.7 Å². The lowest BCUT2D eigenvalue weighted by Gasteiger charge is -2.40. The highest BCUT2D eigenvalue weighted by atomic mass is 16.5. The van der Waals surface area contributed by atoms with Crippen LogP contribution in [-0.4, -0.2) is 52.1 Å². The van der Waals surface area contributed by atoms with Crippen LogP contribution >= 0.6 is 0 Å². The number of esters is 1. The predicted octanol–water partition coefficient (Wildman–Crippen LogP) is 6.17. The lowest BCUT2D eigenvalue weighted by molar-refractivity contribution is -0.157. The number of hydrogen-bond acceptors (Lipinski definition) is 5. The minimum Gasteiger partial charge on any atom is -0.507 e. The van der Waals surface area contributed by atoms with E-state index in [1.807, 2.05) is 89.8 Å². The first-order valence-electron chi connectivity index (χ1n) is 14.2. The Morgan fingerprint density at radius 3 is 2.38 bits per heavy atom. The summed E-state index contributed by atoms with van der Waals surface area (Å²) in [5.41, 5.74) is 5.45. The number of amides is 1. The monoisotopic (exact) mass is 559 g/mol. The second kappa shape index (κ2) is 11.5. The maximum Gasteiger partial charge on any atom is 0.312 e. The van der Waals surface area contributed by atoms with Crippen molar-refractivity contribution in [1.82, 2.24) is 14.9 Å². The van der Waals surface area contributed by atoms with Crippen LogP contribution in [0.2, 0.25) is 0 Å². The molecular formula is C35H33N3O4. The zero-order valence-corrected chi connectivity index (χ0v) is 23.5. The predicted molar refractivity (Wildman–Crippen MR) is 163 cm³/mol. The van der Waals surface area contributed by atoms with Gasteiger partial charge in [0, 0.05) is 47.5 Å². The van der Waals surface area contributed by atoms with Gasteiger partial charge in [0.2, 0.25) is 5.91 Å². The Labute approximate surface area is 244 Å². The van der Waals surface area contributed by atoms with Crippen LogP contribution in [0, 0.1) is 5.41 Å². The van der Waals surface area contributed by atoms with Gasteiger partial charge in [-0.15, -0.1) is 0 Å². The molecule has 3 heterocycles. The molecule has 0 saturated carbocycles. The summed E-state index contributed by atoms with van der Waals surface area (Å²) in [7, 11) is 1.44. The Morgan fingerprint density at radius 1 is 0.929 bits per heavy atom. The molecule has 0 bridgehead atoms. The molecule has 42 heavy (non-hydrogen) atoms. The highest BCUT2D eigenvalue weighted by molar-refractivity contribution is 5.89. The van der Waals surface area contributed by atoms with Crippen molar-refractivity contribution in [1.29, 1.82) is 0 Å². The highest BCUT2D eigenvalue weighted by Gasteiger charge is 2.43. The minimum atomic E-state index is -0.616. The number of rotatable bonds is 7. The van der Waals surface area contributed by atoms with Crippen molar-refractivity contribution in [2.24, 2.45) is 5.41 Å². The number of piperidine rings is 1. The number of pyridine rings is 1. The summed E-state index contributed by atoms with van der Waals surface area (Å²) in [5.74, 6) is 0.0285. The lowest BCUT2D eigenvalue weighted by Crippen LogP contribution is -2.48. The third kappa shape index (κ3) is 5.38. The number of carbonyl (C=O) groups is 2. The van der Waals surface area contributed by atoms with Crippen LogP contribution in [-0.2, 0) is 27.2 Å². The van der Waals surface area contributed by atoms with Gasteiger partial charge in [-0.3, -0.25) is 14.6 Å². The molecule has 2 N–H and O–H groups in total. The number of ether oxygens (including phenoxy) is 1. The first-order chi connectivity index (χ1) is 20.5. The third-order valence-corrected chi connectivity index (χ3v) is 8.44. The maximum atomic E-state index is 13.2. The zero-order valence-electron chi connectivity index (χ0n) is 23.5. The summed E-state index contributed by atoms with van der Waals surface area (Å²) in [5, 5.41) is 12.1. The molecule has 5 aromatic rings. The number of phenolic OH excluding ortho intramolecular Hbond substituents is 1. The Hall–Kier alpha value is -4.91. The summed E-state index contributed by atoms with van der Waals surface area (Å²) in [4.78, 5) is 35.4. The summed E-state index contributed by atoms with van der Waals surface area (Å²) in [6.45, 7) is 1.03. The summed E-state index contributed by atoms with van der Waals surface area (Å²) in [6, 6.07) is 27.3. The van der Waals surface area contributed by atoms with Crippen LogP contribution in [0.15, 0.2) is 97.3 Å². The van der Waals surface area contributed by atoms with E-state index in [0.717, 1.165) is 38.9 Å². The second-order valence-corrected chi connectivity index (χ2v) is 11.0. The van der Waals surface area contributed by atoms with E-state index < -0.39 is 5.41 Å². The molecule has 0 radical (unpaired) electrons. The van der Waals surface area contributed by atoms with Crippen molar-refractivity contribution in [2.75, 3.05) is 20.2 Å². The van der Waals surface area contributed by atoms with Gasteiger partial charge in [0.15, 0.2) is 0 Å². The van der Waals surface area contributed by atoms with Crippen LogP contribution < -0.4 is 0 Å². The van der Waals surface area contributed by atoms with E-state index in [4.69, 9.17) is 4.74 Å². The van der Waals surface area contributed by atoms with E-state index in [0.29, 0.717) is 37.9 Å². The van der Waals surface area contributed by atoms with Gasteiger partial charge in [-0.05, 0) is 54.2 Å². The van der Waals surface area contributed by atoms with Crippen molar-refractivity contribution >= 4 is 22.8 Å². The van der Waals surface area contributed by atoms with Crippen LogP contribution in [0.1, 0.15) is 24.0 Å². The van der Waals surface area contributed by atoms with Gasteiger partial charge in [0.25, 0.3) is 0 Å². The minimum absolute atomic E-state index is 0.0408. The largest absolute Gasteiger partial charge is 0.507 e. The summed E-state index contributed by atoms with van der Waals surface area (Å²) in [6.07, 6.45) is 5.55. The Morgan fingerprint density at radius 2 is 1.67 bits per heavy atom. The van der Waals surface area contributed by atoms with E-state index in [-0.39, 0.29) is 24.0 Å².